The SMILES string of the molecule is Cn1cc(CN2CC[C@@H]3O[C@@H](C(=O)Nc4cnccn4)CC[C@@H]32)cn1. The van der Waals surface area contributed by atoms with Crippen LogP contribution in [0.4, 0.5) is 5.82 Å². The van der Waals surface area contributed by atoms with Gasteiger partial charge in [0.05, 0.1) is 18.5 Å². The summed E-state index contributed by atoms with van der Waals surface area (Å²) in [4.78, 5) is 22.9. The van der Waals surface area contributed by atoms with Gasteiger partial charge in [-0.15, -0.1) is 0 Å². The number of aryl methyl sites for hydroxylation is 1. The predicted molar refractivity (Wildman–Crippen MR) is 90.6 cm³/mol. The van der Waals surface area contributed by atoms with E-state index in [1.807, 2.05) is 24.1 Å². The number of anilines is 1. The van der Waals surface area contributed by atoms with Crippen molar-refractivity contribution in [3.63, 3.8) is 0 Å². The first kappa shape index (κ1) is 16.2. The second-order valence-electron chi connectivity index (χ2n) is 6.67. The van der Waals surface area contributed by atoms with Crippen molar-refractivity contribution in [3.05, 3.63) is 36.5 Å². The minimum atomic E-state index is -0.415. The summed E-state index contributed by atoms with van der Waals surface area (Å²) in [5.41, 5.74) is 1.21. The first-order valence-corrected chi connectivity index (χ1v) is 8.63. The molecule has 132 valence electrons. The molecule has 2 saturated heterocycles. The molecule has 8 heteroatoms. The lowest BCUT2D eigenvalue weighted by atomic mass is 9.98. The highest BCUT2D eigenvalue weighted by atomic mass is 16.5. The van der Waals surface area contributed by atoms with E-state index in [2.05, 4.69) is 25.3 Å². The molecule has 2 aliphatic rings. The molecular weight excluding hydrogens is 320 g/mol. The maximum absolute atomic E-state index is 12.4. The fraction of sp³-hybridized carbons (Fsp3) is 0.529. The largest absolute Gasteiger partial charge is 0.363 e. The Balaban J connectivity index is 1.34. The number of nitrogens with zero attached hydrogens (tertiary/aromatic N) is 5. The zero-order valence-corrected chi connectivity index (χ0v) is 14.2. The fourth-order valence-electron chi connectivity index (χ4n) is 3.76. The number of carbonyl (C=O) groups is 1. The van der Waals surface area contributed by atoms with Crippen LogP contribution in [-0.4, -0.2) is 55.4 Å². The number of nitrogens with one attached hydrogen (secondary N) is 1. The Kier molecular flexibility index (Phi) is 4.46. The highest BCUT2D eigenvalue weighted by Gasteiger charge is 2.41. The first-order chi connectivity index (χ1) is 12.2. The molecule has 1 N–H and O–H groups in total. The Morgan fingerprint density at radius 1 is 1.32 bits per heavy atom. The van der Waals surface area contributed by atoms with Crippen molar-refractivity contribution in [2.24, 2.45) is 7.05 Å². The molecule has 0 spiro atoms. The summed E-state index contributed by atoms with van der Waals surface area (Å²) in [5.74, 6) is 0.326. The van der Waals surface area contributed by atoms with Gasteiger partial charge in [0.25, 0.3) is 5.91 Å². The van der Waals surface area contributed by atoms with E-state index >= 15 is 0 Å². The van der Waals surface area contributed by atoms with E-state index < -0.39 is 6.10 Å². The number of aromatic nitrogens is 4. The van der Waals surface area contributed by atoms with Crippen molar-refractivity contribution in [1.29, 1.82) is 0 Å². The van der Waals surface area contributed by atoms with Gasteiger partial charge in [-0.1, -0.05) is 0 Å². The van der Waals surface area contributed by atoms with Gasteiger partial charge in [0, 0.05) is 50.3 Å². The van der Waals surface area contributed by atoms with Crippen LogP contribution in [0.3, 0.4) is 0 Å². The summed E-state index contributed by atoms with van der Waals surface area (Å²) >= 11 is 0. The summed E-state index contributed by atoms with van der Waals surface area (Å²) in [6, 6.07) is 0.376. The summed E-state index contributed by atoms with van der Waals surface area (Å²) in [5, 5.41) is 7.02. The van der Waals surface area contributed by atoms with Crippen molar-refractivity contribution in [1.82, 2.24) is 24.6 Å². The fourth-order valence-corrected chi connectivity index (χ4v) is 3.76. The normalized spacial score (nSPS) is 26.4. The van der Waals surface area contributed by atoms with Crippen LogP contribution in [0.15, 0.2) is 31.0 Å². The van der Waals surface area contributed by atoms with E-state index in [0.717, 1.165) is 32.4 Å². The molecule has 2 aromatic rings. The van der Waals surface area contributed by atoms with E-state index in [0.29, 0.717) is 11.9 Å². The van der Waals surface area contributed by atoms with Crippen molar-refractivity contribution in [2.45, 2.75) is 44.1 Å². The van der Waals surface area contributed by atoms with Gasteiger partial charge in [-0.05, 0) is 19.3 Å². The average Bonchev–Trinajstić information content (AvgIpc) is 3.22. The maximum Gasteiger partial charge on any atom is 0.254 e. The van der Waals surface area contributed by atoms with Gasteiger partial charge < -0.3 is 10.1 Å². The second kappa shape index (κ2) is 6.89. The van der Waals surface area contributed by atoms with Gasteiger partial charge in [-0.25, -0.2) is 4.98 Å². The van der Waals surface area contributed by atoms with E-state index in [-0.39, 0.29) is 12.0 Å². The topological polar surface area (TPSA) is 85.2 Å². The van der Waals surface area contributed by atoms with Gasteiger partial charge in [0.2, 0.25) is 0 Å². The summed E-state index contributed by atoms with van der Waals surface area (Å²) in [6.45, 7) is 1.87. The zero-order chi connectivity index (χ0) is 17.2. The van der Waals surface area contributed by atoms with E-state index in [1.165, 1.54) is 11.8 Å². The summed E-state index contributed by atoms with van der Waals surface area (Å²) in [7, 11) is 1.93. The van der Waals surface area contributed by atoms with Crippen molar-refractivity contribution in [3.8, 4) is 0 Å². The Labute approximate surface area is 146 Å². The lowest BCUT2D eigenvalue weighted by molar-refractivity contribution is -0.138. The number of likely N-dealkylation sites (tertiary alicyclic amines) is 1. The molecule has 25 heavy (non-hydrogen) atoms. The Morgan fingerprint density at radius 3 is 3.00 bits per heavy atom. The van der Waals surface area contributed by atoms with E-state index in [1.54, 1.807) is 12.4 Å². The molecule has 2 aliphatic heterocycles. The maximum atomic E-state index is 12.4. The van der Waals surface area contributed by atoms with Crippen molar-refractivity contribution >= 4 is 11.7 Å². The number of carbonyl (C=O) groups excluding carboxylic acids is 1. The predicted octanol–water partition coefficient (Wildman–Crippen LogP) is 0.971. The molecule has 0 saturated carbocycles. The molecule has 2 aromatic heterocycles. The number of fused-ring (bicyclic) bond motifs is 1. The number of amides is 1. The van der Waals surface area contributed by atoms with Crippen LogP contribution in [0, 0.1) is 0 Å². The Bertz CT molecular complexity index is 734. The number of rotatable bonds is 4. The molecule has 3 atom stereocenters. The zero-order valence-electron chi connectivity index (χ0n) is 14.2. The van der Waals surface area contributed by atoms with Crippen molar-refractivity contribution in [2.75, 3.05) is 11.9 Å². The molecule has 0 aliphatic carbocycles. The van der Waals surface area contributed by atoms with Crippen LogP contribution < -0.4 is 5.32 Å². The lowest BCUT2D eigenvalue weighted by Crippen LogP contribution is -2.46. The lowest BCUT2D eigenvalue weighted by Gasteiger charge is -2.35. The van der Waals surface area contributed by atoms with Gasteiger partial charge in [-0.3, -0.25) is 19.4 Å². The molecule has 0 aromatic carbocycles. The standard InChI is InChI=1S/C17H22N6O2/c1-22-10-12(8-20-22)11-23-7-4-14-13(23)2-3-15(25-14)17(24)21-16-9-18-5-6-19-16/h5-6,8-10,13-15H,2-4,7,11H2,1H3,(H,19,21,24)/t13-,14-,15+/m0/s1. The van der Waals surface area contributed by atoms with E-state index in [4.69, 9.17) is 4.74 Å². The molecule has 2 fully saturated rings. The number of ether oxygens (including phenoxy) is 1. The van der Waals surface area contributed by atoms with Gasteiger partial charge >= 0.3 is 0 Å². The molecule has 0 unspecified atom stereocenters. The summed E-state index contributed by atoms with van der Waals surface area (Å²) in [6.07, 6.45) is 11.0. The van der Waals surface area contributed by atoms with Gasteiger partial charge in [0.15, 0.2) is 5.82 Å². The highest BCUT2D eigenvalue weighted by Crippen LogP contribution is 2.32. The minimum absolute atomic E-state index is 0.114. The number of hydrogen-bond acceptors (Lipinski definition) is 6. The number of hydrogen-bond donors (Lipinski definition) is 1. The third-order valence-electron chi connectivity index (χ3n) is 4.91. The third-order valence-corrected chi connectivity index (χ3v) is 4.91. The monoisotopic (exact) mass is 342 g/mol. The molecule has 1 amide bonds. The van der Waals surface area contributed by atoms with Crippen LogP contribution in [0.5, 0.6) is 0 Å². The molecule has 4 heterocycles. The Morgan fingerprint density at radius 2 is 2.24 bits per heavy atom. The van der Waals surface area contributed by atoms with E-state index in [9.17, 15) is 4.79 Å². The Hall–Kier alpha value is -2.32. The van der Waals surface area contributed by atoms with Crippen LogP contribution in [0.25, 0.3) is 0 Å². The molecule has 4 rings (SSSR count). The van der Waals surface area contributed by atoms with Gasteiger partial charge in [0.1, 0.15) is 6.10 Å². The second-order valence-corrected chi connectivity index (χ2v) is 6.67. The smallest absolute Gasteiger partial charge is 0.254 e. The van der Waals surface area contributed by atoms with Crippen LogP contribution in [0.1, 0.15) is 24.8 Å². The molecule has 8 nitrogen and oxygen atoms in total. The molecule has 0 bridgehead atoms. The quantitative estimate of drug-likeness (QED) is 0.891. The highest BCUT2D eigenvalue weighted by molar-refractivity contribution is 5.93. The summed E-state index contributed by atoms with van der Waals surface area (Å²) < 4.78 is 7.92. The van der Waals surface area contributed by atoms with Crippen LogP contribution in [-0.2, 0) is 23.1 Å². The van der Waals surface area contributed by atoms with Crippen LogP contribution >= 0.6 is 0 Å². The van der Waals surface area contributed by atoms with Gasteiger partial charge in [-0.2, -0.15) is 5.10 Å². The molecular formula is C17H22N6O2. The average molecular weight is 342 g/mol. The minimum Gasteiger partial charge on any atom is -0.363 e. The molecule has 0 radical (unpaired) electrons. The van der Waals surface area contributed by atoms with Crippen molar-refractivity contribution < 1.29 is 9.53 Å². The third kappa shape index (κ3) is 3.54. The van der Waals surface area contributed by atoms with Crippen LogP contribution in [0.2, 0.25) is 0 Å². The first-order valence-electron chi connectivity index (χ1n) is 8.63.